The average molecular weight is 373 g/mol. The van der Waals surface area contributed by atoms with Gasteiger partial charge in [0, 0.05) is 20.8 Å². The maximum atomic E-state index is 13.8. The SMILES string of the molecule is Fc1cccc2c1SCCC2Nc1ccc(Cl)c(Br)c1. The zero-order valence-corrected chi connectivity index (χ0v) is 13.7. The van der Waals surface area contributed by atoms with E-state index in [-0.39, 0.29) is 11.9 Å². The molecule has 0 saturated heterocycles. The Balaban J connectivity index is 1.89. The predicted octanol–water partition coefficient (Wildman–Crippen LogP) is 5.89. The second kappa shape index (κ2) is 5.96. The van der Waals surface area contributed by atoms with E-state index in [1.807, 2.05) is 24.3 Å². The summed E-state index contributed by atoms with van der Waals surface area (Å²) in [6, 6.07) is 11.1. The van der Waals surface area contributed by atoms with Crippen LogP contribution in [0.4, 0.5) is 10.1 Å². The molecule has 1 aliphatic rings. The van der Waals surface area contributed by atoms with Gasteiger partial charge in [-0.05, 0) is 52.2 Å². The van der Waals surface area contributed by atoms with Crippen LogP contribution in [0, 0.1) is 5.82 Å². The molecule has 0 aliphatic carbocycles. The van der Waals surface area contributed by atoms with E-state index < -0.39 is 0 Å². The lowest BCUT2D eigenvalue weighted by molar-refractivity contribution is 0.585. The number of benzene rings is 2. The first-order chi connectivity index (χ1) is 9.65. The highest BCUT2D eigenvalue weighted by Crippen LogP contribution is 2.39. The summed E-state index contributed by atoms with van der Waals surface area (Å²) < 4.78 is 14.7. The highest BCUT2D eigenvalue weighted by Gasteiger charge is 2.23. The lowest BCUT2D eigenvalue weighted by Crippen LogP contribution is -2.16. The molecule has 1 atom stereocenters. The fraction of sp³-hybridized carbons (Fsp3) is 0.200. The average Bonchev–Trinajstić information content (AvgIpc) is 2.44. The molecule has 1 N–H and O–H groups in total. The third-order valence-corrected chi connectivity index (χ3v) is 5.66. The number of halogens is 3. The van der Waals surface area contributed by atoms with Gasteiger partial charge in [-0.25, -0.2) is 4.39 Å². The Morgan fingerprint density at radius 1 is 1.30 bits per heavy atom. The first-order valence-electron chi connectivity index (χ1n) is 6.28. The van der Waals surface area contributed by atoms with Crippen molar-refractivity contribution >= 4 is 45.0 Å². The molecule has 2 aromatic carbocycles. The number of nitrogens with one attached hydrogen (secondary N) is 1. The van der Waals surface area contributed by atoms with E-state index >= 15 is 0 Å². The third-order valence-electron chi connectivity index (χ3n) is 3.29. The maximum Gasteiger partial charge on any atom is 0.137 e. The molecule has 1 nitrogen and oxygen atoms in total. The van der Waals surface area contributed by atoms with Gasteiger partial charge in [0.1, 0.15) is 5.82 Å². The fourth-order valence-electron chi connectivity index (χ4n) is 2.32. The van der Waals surface area contributed by atoms with Crippen molar-refractivity contribution in [1.29, 1.82) is 0 Å². The van der Waals surface area contributed by atoms with Crippen LogP contribution in [0.15, 0.2) is 45.8 Å². The van der Waals surface area contributed by atoms with Crippen molar-refractivity contribution in [2.24, 2.45) is 0 Å². The van der Waals surface area contributed by atoms with E-state index in [9.17, 15) is 4.39 Å². The van der Waals surface area contributed by atoms with Crippen LogP contribution in [0.25, 0.3) is 0 Å². The summed E-state index contributed by atoms with van der Waals surface area (Å²) in [4.78, 5) is 0.768. The van der Waals surface area contributed by atoms with Gasteiger partial charge in [-0.3, -0.25) is 0 Å². The molecule has 1 unspecified atom stereocenters. The van der Waals surface area contributed by atoms with Crippen LogP contribution in [0.1, 0.15) is 18.0 Å². The van der Waals surface area contributed by atoms with Gasteiger partial charge in [0.15, 0.2) is 0 Å². The van der Waals surface area contributed by atoms with E-state index in [0.717, 1.165) is 32.8 Å². The molecule has 3 rings (SSSR count). The van der Waals surface area contributed by atoms with Gasteiger partial charge in [0.25, 0.3) is 0 Å². The Kier molecular flexibility index (Phi) is 4.24. The minimum Gasteiger partial charge on any atom is -0.378 e. The number of fused-ring (bicyclic) bond motifs is 1. The molecule has 104 valence electrons. The number of anilines is 1. The van der Waals surface area contributed by atoms with Gasteiger partial charge < -0.3 is 5.32 Å². The fourth-order valence-corrected chi connectivity index (χ4v) is 3.96. The van der Waals surface area contributed by atoms with Gasteiger partial charge in [-0.15, -0.1) is 11.8 Å². The summed E-state index contributed by atoms with van der Waals surface area (Å²) in [6.45, 7) is 0. The predicted molar refractivity (Wildman–Crippen MR) is 87.3 cm³/mol. The molecular formula is C15H12BrClFNS. The standard InChI is InChI=1S/C15H12BrClFNS/c16-11-8-9(4-5-12(11)17)19-14-6-7-20-15-10(14)2-1-3-13(15)18/h1-5,8,14,19H,6-7H2. The van der Waals surface area contributed by atoms with E-state index in [2.05, 4.69) is 21.2 Å². The lowest BCUT2D eigenvalue weighted by Gasteiger charge is -2.27. The minimum absolute atomic E-state index is 0.128. The zero-order valence-electron chi connectivity index (χ0n) is 10.5. The number of thioether (sulfide) groups is 1. The Labute approximate surface area is 135 Å². The van der Waals surface area contributed by atoms with E-state index in [4.69, 9.17) is 11.6 Å². The highest BCUT2D eigenvalue weighted by molar-refractivity contribution is 9.10. The van der Waals surface area contributed by atoms with Crippen LogP contribution in [0.2, 0.25) is 5.02 Å². The van der Waals surface area contributed by atoms with Gasteiger partial charge in [-0.1, -0.05) is 23.7 Å². The van der Waals surface area contributed by atoms with Crippen LogP contribution >= 0.6 is 39.3 Å². The van der Waals surface area contributed by atoms with Gasteiger partial charge in [0.05, 0.1) is 11.1 Å². The van der Waals surface area contributed by atoms with Crippen LogP contribution in [0.3, 0.4) is 0 Å². The van der Waals surface area contributed by atoms with Crippen LogP contribution in [-0.2, 0) is 0 Å². The van der Waals surface area contributed by atoms with E-state index in [1.54, 1.807) is 17.8 Å². The summed E-state index contributed by atoms with van der Waals surface area (Å²) in [5, 5.41) is 4.15. The Morgan fingerprint density at radius 2 is 2.15 bits per heavy atom. The Hall–Kier alpha value is -0.710. The van der Waals surface area contributed by atoms with Crippen LogP contribution < -0.4 is 5.32 Å². The summed E-state index contributed by atoms with van der Waals surface area (Å²) in [5.74, 6) is 0.789. The molecule has 0 radical (unpaired) electrons. The van der Waals surface area contributed by atoms with Gasteiger partial charge >= 0.3 is 0 Å². The minimum atomic E-state index is -0.128. The van der Waals surface area contributed by atoms with Crippen LogP contribution in [-0.4, -0.2) is 5.75 Å². The third kappa shape index (κ3) is 2.83. The van der Waals surface area contributed by atoms with E-state index in [0.29, 0.717) is 5.02 Å². The van der Waals surface area contributed by atoms with Crippen molar-refractivity contribution < 1.29 is 4.39 Å². The maximum absolute atomic E-state index is 13.8. The largest absolute Gasteiger partial charge is 0.378 e. The molecule has 1 aliphatic heterocycles. The lowest BCUT2D eigenvalue weighted by atomic mass is 10.0. The van der Waals surface area contributed by atoms with Crippen molar-refractivity contribution in [2.45, 2.75) is 17.4 Å². The quantitative estimate of drug-likeness (QED) is 0.705. The topological polar surface area (TPSA) is 12.0 Å². The molecule has 0 aromatic heterocycles. The molecule has 20 heavy (non-hydrogen) atoms. The molecule has 0 fully saturated rings. The monoisotopic (exact) mass is 371 g/mol. The number of rotatable bonds is 2. The molecule has 0 bridgehead atoms. The molecule has 0 amide bonds. The van der Waals surface area contributed by atoms with Crippen molar-refractivity contribution in [2.75, 3.05) is 11.1 Å². The van der Waals surface area contributed by atoms with Gasteiger partial charge in [0.2, 0.25) is 0 Å². The smallest absolute Gasteiger partial charge is 0.137 e. The highest BCUT2D eigenvalue weighted by atomic mass is 79.9. The molecule has 1 heterocycles. The molecule has 0 saturated carbocycles. The summed E-state index contributed by atoms with van der Waals surface area (Å²) >= 11 is 11.0. The second-order valence-electron chi connectivity index (χ2n) is 4.62. The van der Waals surface area contributed by atoms with Crippen molar-refractivity contribution in [1.82, 2.24) is 0 Å². The molecule has 5 heteroatoms. The normalized spacial score (nSPS) is 17.6. The first-order valence-corrected chi connectivity index (χ1v) is 8.43. The molecular weight excluding hydrogens is 361 g/mol. The summed E-state index contributed by atoms with van der Waals surface area (Å²) in [7, 11) is 0. The van der Waals surface area contributed by atoms with Crippen molar-refractivity contribution in [3.05, 3.63) is 57.3 Å². The summed E-state index contributed by atoms with van der Waals surface area (Å²) in [6.07, 6.45) is 0.974. The Morgan fingerprint density at radius 3 is 2.95 bits per heavy atom. The van der Waals surface area contributed by atoms with Gasteiger partial charge in [-0.2, -0.15) is 0 Å². The molecule has 2 aromatic rings. The molecule has 0 spiro atoms. The Bertz CT molecular complexity index is 650. The number of hydrogen-bond donors (Lipinski definition) is 1. The second-order valence-corrected chi connectivity index (χ2v) is 6.99. The summed E-state index contributed by atoms with van der Waals surface area (Å²) in [5.41, 5.74) is 2.01. The number of hydrogen-bond acceptors (Lipinski definition) is 2. The first kappa shape index (κ1) is 14.2. The van der Waals surface area contributed by atoms with E-state index in [1.165, 1.54) is 6.07 Å². The van der Waals surface area contributed by atoms with Crippen molar-refractivity contribution in [3.63, 3.8) is 0 Å². The van der Waals surface area contributed by atoms with Crippen molar-refractivity contribution in [3.8, 4) is 0 Å². The zero-order chi connectivity index (χ0) is 14.1. The van der Waals surface area contributed by atoms with Crippen LogP contribution in [0.5, 0.6) is 0 Å².